The van der Waals surface area contributed by atoms with Crippen molar-refractivity contribution in [3.05, 3.63) is 51.8 Å². The molecule has 0 atom stereocenters. The third-order valence-electron chi connectivity index (χ3n) is 2.40. The monoisotopic (exact) mass is 248 g/mol. The number of hydrogen-bond acceptors (Lipinski definition) is 5. The molecule has 18 heavy (non-hydrogen) atoms. The van der Waals surface area contributed by atoms with Crippen molar-refractivity contribution in [1.82, 2.24) is 15.1 Å². The molecule has 2 aromatic rings. The van der Waals surface area contributed by atoms with E-state index in [2.05, 4.69) is 5.16 Å². The first-order chi connectivity index (χ1) is 8.60. The van der Waals surface area contributed by atoms with Crippen LogP contribution in [0.3, 0.4) is 0 Å². The number of nitrogens with two attached hydrogens (primary N) is 1. The highest BCUT2D eigenvalue weighted by Crippen LogP contribution is 2.05. The number of nitrogens with zero attached hydrogens (tertiary/aromatic N) is 2. The first-order valence-corrected chi connectivity index (χ1v) is 5.24. The predicted octanol–water partition coefficient (Wildman–Crippen LogP) is -0.203. The topological polar surface area (TPSA) is 103 Å². The van der Waals surface area contributed by atoms with E-state index in [0.29, 0.717) is 5.76 Å². The van der Waals surface area contributed by atoms with E-state index in [1.807, 2.05) is 18.4 Å². The van der Waals surface area contributed by atoms with Crippen molar-refractivity contribution < 1.29 is 9.32 Å². The molecule has 0 radical (unpaired) electrons. The number of carbonyl (C=O) groups is 1. The van der Waals surface area contributed by atoms with Crippen LogP contribution in [0.15, 0.2) is 33.7 Å². The highest BCUT2D eigenvalue weighted by Gasteiger charge is 2.11. The summed E-state index contributed by atoms with van der Waals surface area (Å²) in [6.07, 6.45) is 1.66. The van der Waals surface area contributed by atoms with Crippen molar-refractivity contribution >= 4 is 5.91 Å². The van der Waals surface area contributed by atoms with Gasteiger partial charge in [0.2, 0.25) is 0 Å². The average molecular weight is 248 g/mol. The zero-order chi connectivity index (χ0) is 13.1. The molecular weight excluding hydrogens is 236 g/mol. The molecule has 0 unspecified atom stereocenters. The van der Waals surface area contributed by atoms with Crippen LogP contribution in [-0.4, -0.2) is 15.6 Å². The fourth-order valence-electron chi connectivity index (χ4n) is 1.47. The lowest BCUT2D eigenvalue weighted by Crippen LogP contribution is -2.30. The lowest BCUT2D eigenvalue weighted by atomic mass is 10.3. The number of hydrazine groups is 1. The van der Waals surface area contributed by atoms with Crippen molar-refractivity contribution in [2.75, 3.05) is 0 Å². The molecule has 0 aliphatic carbocycles. The number of amides is 1. The molecule has 1 amide bonds. The van der Waals surface area contributed by atoms with Gasteiger partial charge in [0, 0.05) is 18.3 Å². The number of nitrogen functional groups attached to an aromatic ring is 1. The Bertz CT molecular complexity index is 629. The normalized spacial score (nSPS) is 10.3. The molecule has 2 heterocycles. The van der Waals surface area contributed by atoms with E-state index in [1.54, 1.807) is 6.20 Å². The minimum Gasteiger partial charge on any atom is -0.359 e. The third kappa shape index (κ3) is 2.46. The van der Waals surface area contributed by atoms with Gasteiger partial charge in [-0.15, -0.1) is 0 Å². The second kappa shape index (κ2) is 4.84. The Morgan fingerprint density at radius 2 is 2.33 bits per heavy atom. The maximum atomic E-state index is 11.6. The van der Waals surface area contributed by atoms with E-state index >= 15 is 0 Å². The number of carbonyl (C=O) groups excluding carboxylic acids is 1. The average Bonchev–Trinajstić information content (AvgIpc) is 2.80. The molecular formula is C11H12N4O3. The highest BCUT2D eigenvalue weighted by atomic mass is 16.5. The summed E-state index contributed by atoms with van der Waals surface area (Å²) in [6.45, 7) is 2.05. The Labute approximate surface area is 102 Å². The molecule has 7 nitrogen and oxygen atoms in total. The summed E-state index contributed by atoms with van der Waals surface area (Å²) in [5, 5.41) is 3.55. The second-order valence-electron chi connectivity index (χ2n) is 3.82. The number of nitrogens with one attached hydrogen (secondary N) is 1. The molecule has 2 rings (SSSR count). The molecule has 0 aliphatic rings. The lowest BCUT2D eigenvalue weighted by Gasteiger charge is -2.01. The van der Waals surface area contributed by atoms with Gasteiger partial charge in [-0.25, -0.2) is 5.84 Å². The van der Waals surface area contributed by atoms with Crippen molar-refractivity contribution in [3.63, 3.8) is 0 Å². The van der Waals surface area contributed by atoms with Gasteiger partial charge in [0.05, 0.1) is 6.54 Å². The van der Waals surface area contributed by atoms with E-state index in [0.717, 1.165) is 5.56 Å². The standard InChI is InChI=1S/C11H12N4O3/c1-7-2-3-15(10(16)4-7)6-8-5-9(14-18-8)11(17)13-12/h2-5H,6,12H2,1H3,(H,13,17). The number of pyridine rings is 1. The van der Waals surface area contributed by atoms with Crippen LogP contribution in [-0.2, 0) is 6.54 Å². The molecule has 3 N–H and O–H groups in total. The van der Waals surface area contributed by atoms with Crippen molar-refractivity contribution in [2.24, 2.45) is 5.84 Å². The predicted molar refractivity (Wildman–Crippen MR) is 62.7 cm³/mol. The number of aryl methyl sites for hydroxylation is 1. The van der Waals surface area contributed by atoms with E-state index in [-0.39, 0.29) is 17.8 Å². The quantitative estimate of drug-likeness (QED) is 0.444. The van der Waals surface area contributed by atoms with Crippen LogP contribution in [0.2, 0.25) is 0 Å². The third-order valence-corrected chi connectivity index (χ3v) is 2.40. The zero-order valence-electron chi connectivity index (χ0n) is 9.71. The molecule has 0 saturated carbocycles. The molecule has 0 bridgehead atoms. The first-order valence-electron chi connectivity index (χ1n) is 5.24. The van der Waals surface area contributed by atoms with Gasteiger partial charge in [-0.2, -0.15) is 0 Å². The van der Waals surface area contributed by atoms with E-state index in [9.17, 15) is 9.59 Å². The number of aromatic nitrogens is 2. The summed E-state index contributed by atoms with van der Waals surface area (Å²) in [5.41, 5.74) is 2.77. The van der Waals surface area contributed by atoms with Gasteiger partial charge in [-0.3, -0.25) is 15.0 Å². The van der Waals surface area contributed by atoms with Gasteiger partial charge >= 0.3 is 0 Å². The Morgan fingerprint density at radius 1 is 1.56 bits per heavy atom. The molecule has 0 fully saturated rings. The van der Waals surface area contributed by atoms with Gasteiger partial charge in [-0.05, 0) is 18.6 Å². The van der Waals surface area contributed by atoms with Gasteiger partial charge in [0.1, 0.15) is 0 Å². The summed E-state index contributed by atoms with van der Waals surface area (Å²) in [4.78, 5) is 22.8. The maximum Gasteiger partial charge on any atom is 0.287 e. The van der Waals surface area contributed by atoms with Gasteiger partial charge in [0.15, 0.2) is 11.5 Å². The van der Waals surface area contributed by atoms with Crippen LogP contribution < -0.4 is 16.8 Å². The summed E-state index contributed by atoms with van der Waals surface area (Å²) < 4.78 is 6.41. The van der Waals surface area contributed by atoms with Crippen LogP contribution in [0.5, 0.6) is 0 Å². The van der Waals surface area contributed by atoms with Crippen LogP contribution in [0.25, 0.3) is 0 Å². The molecule has 7 heteroatoms. The molecule has 2 aromatic heterocycles. The number of hydrogen-bond donors (Lipinski definition) is 2. The minimum absolute atomic E-state index is 0.0765. The first kappa shape index (κ1) is 12.1. The molecule has 0 saturated heterocycles. The van der Waals surface area contributed by atoms with E-state index < -0.39 is 5.91 Å². The summed E-state index contributed by atoms with van der Waals surface area (Å²) in [7, 11) is 0. The number of rotatable bonds is 3. The van der Waals surface area contributed by atoms with E-state index in [4.69, 9.17) is 10.4 Å². The van der Waals surface area contributed by atoms with Crippen molar-refractivity contribution in [3.8, 4) is 0 Å². The maximum absolute atomic E-state index is 11.6. The fourth-order valence-corrected chi connectivity index (χ4v) is 1.47. The summed E-state index contributed by atoms with van der Waals surface area (Å²) in [6, 6.07) is 4.77. The highest BCUT2D eigenvalue weighted by molar-refractivity contribution is 5.91. The van der Waals surface area contributed by atoms with Crippen molar-refractivity contribution in [2.45, 2.75) is 13.5 Å². The van der Waals surface area contributed by atoms with Crippen LogP contribution in [0, 0.1) is 6.92 Å². The largest absolute Gasteiger partial charge is 0.359 e. The SMILES string of the molecule is Cc1ccn(Cc2cc(C(=O)NN)no2)c(=O)c1. The molecule has 0 aliphatic heterocycles. The lowest BCUT2D eigenvalue weighted by molar-refractivity contribution is 0.0944. The molecule has 0 spiro atoms. The van der Waals surface area contributed by atoms with Gasteiger partial charge < -0.3 is 9.09 Å². The Kier molecular flexibility index (Phi) is 3.24. The van der Waals surface area contributed by atoms with Crippen LogP contribution in [0.4, 0.5) is 0 Å². The Hall–Kier alpha value is -2.41. The molecule has 94 valence electrons. The Morgan fingerprint density at radius 3 is 3.00 bits per heavy atom. The van der Waals surface area contributed by atoms with E-state index in [1.165, 1.54) is 16.7 Å². The minimum atomic E-state index is -0.541. The van der Waals surface area contributed by atoms with Crippen molar-refractivity contribution in [1.29, 1.82) is 0 Å². The van der Waals surface area contributed by atoms with Gasteiger partial charge in [0.25, 0.3) is 11.5 Å². The van der Waals surface area contributed by atoms with Crippen LogP contribution in [0.1, 0.15) is 21.8 Å². The fraction of sp³-hybridized carbons (Fsp3) is 0.182. The molecule has 0 aromatic carbocycles. The smallest absolute Gasteiger partial charge is 0.287 e. The van der Waals surface area contributed by atoms with Gasteiger partial charge in [-0.1, -0.05) is 5.16 Å². The summed E-state index contributed by atoms with van der Waals surface area (Å²) >= 11 is 0. The zero-order valence-corrected chi connectivity index (χ0v) is 9.71. The second-order valence-corrected chi connectivity index (χ2v) is 3.82. The Balaban J connectivity index is 2.21. The summed E-state index contributed by atoms with van der Waals surface area (Å²) in [5.74, 6) is 4.83. The van der Waals surface area contributed by atoms with Crippen LogP contribution >= 0.6 is 0 Å².